The maximum atomic E-state index is 13.9. The van der Waals surface area contributed by atoms with Crippen LogP contribution in [0.15, 0.2) is 54.6 Å². The van der Waals surface area contributed by atoms with Gasteiger partial charge in [0.15, 0.2) is 0 Å². The number of hydrogen-bond donors (Lipinski definition) is 1. The summed E-state index contributed by atoms with van der Waals surface area (Å²) >= 11 is 0. The second-order valence-corrected chi connectivity index (χ2v) is 9.78. The Bertz CT molecular complexity index is 1180. The highest BCUT2D eigenvalue weighted by Gasteiger charge is 2.49. The predicted molar refractivity (Wildman–Crippen MR) is 124 cm³/mol. The lowest BCUT2D eigenvalue weighted by Gasteiger charge is -2.49. The Morgan fingerprint density at radius 1 is 0.906 bits per heavy atom. The van der Waals surface area contributed by atoms with Crippen LogP contribution in [-0.2, 0) is 16.0 Å². The summed E-state index contributed by atoms with van der Waals surface area (Å²) < 4.78 is 0. The lowest BCUT2D eigenvalue weighted by Crippen LogP contribution is -2.65. The number of hydrogen-bond acceptors (Lipinski definition) is 2. The Labute approximate surface area is 188 Å². The van der Waals surface area contributed by atoms with Crippen molar-refractivity contribution in [3.05, 3.63) is 71.4 Å². The minimum Gasteiger partial charge on any atom is -0.356 e. The van der Waals surface area contributed by atoms with Crippen LogP contribution in [0.4, 0.5) is 0 Å². The molecular formula is C27H29N3O2. The number of aromatic amines is 1. The van der Waals surface area contributed by atoms with Crippen LogP contribution in [0.1, 0.15) is 55.5 Å². The minimum atomic E-state index is -0.437. The van der Waals surface area contributed by atoms with Crippen molar-refractivity contribution < 1.29 is 9.59 Å². The van der Waals surface area contributed by atoms with E-state index in [1.54, 1.807) is 0 Å². The molecule has 2 aromatic carbocycles. The van der Waals surface area contributed by atoms with E-state index in [0.29, 0.717) is 12.3 Å². The highest BCUT2D eigenvalue weighted by Crippen LogP contribution is 2.43. The fourth-order valence-corrected chi connectivity index (χ4v) is 6.13. The predicted octanol–water partition coefficient (Wildman–Crippen LogP) is 4.43. The number of aromatic nitrogens is 1. The Morgan fingerprint density at radius 3 is 2.41 bits per heavy atom. The summed E-state index contributed by atoms with van der Waals surface area (Å²) in [4.78, 5) is 34.9. The summed E-state index contributed by atoms with van der Waals surface area (Å²) in [7, 11) is 0. The molecule has 2 aliphatic heterocycles. The molecule has 1 aliphatic carbocycles. The maximum Gasteiger partial charge on any atom is 0.246 e. The first-order valence-electron chi connectivity index (χ1n) is 11.9. The number of nitrogens with zero attached hydrogens (tertiary/aromatic N) is 2. The molecule has 3 aromatic rings. The third-order valence-corrected chi connectivity index (χ3v) is 7.83. The largest absolute Gasteiger partial charge is 0.356 e. The van der Waals surface area contributed by atoms with E-state index in [4.69, 9.17) is 0 Å². The second-order valence-electron chi connectivity index (χ2n) is 9.78. The quantitative estimate of drug-likeness (QED) is 0.658. The molecular weight excluding hydrogens is 398 g/mol. The van der Waals surface area contributed by atoms with Gasteiger partial charge in [-0.15, -0.1) is 0 Å². The average molecular weight is 428 g/mol. The van der Waals surface area contributed by atoms with E-state index in [1.807, 2.05) is 40.1 Å². The summed E-state index contributed by atoms with van der Waals surface area (Å²) in [5, 5.41) is 1.16. The lowest BCUT2D eigenvalue weighted by atomic mass is 9.83. The Balaban J connectivity index is 1.45. The van der Waals surface area contributed by atoms with Gasteiger partial charge in [0, 0.05) is 29.1 Å². The van der Waals surface area contributed by atoms with Crippen LogP contribution in [0.2, 0.25) is 0 Å². The minimum absolute atomic E-state index is 0.0615. The molecule has 0 unspecified atom stereocenters. The van der Waals surface area contributed by atoms with E-state index < -0.39 is 6.04 Å². The Morgan fingerprint density at radius 2 is 1.62 bits per heavy atom. The fourth-order valence-electron chi connectivity index (χ4n) is 6.13. The van der Waals surface area contributed by atoms with Gasteiger partial charge in [-0.1, -0.05) is 55.5 Å². The van der Waals surface area contributed by atoms with E-state index in [2.05, 4.69) is 36.2 Å². The fraction of sp³-hybridized carbons (Fsp3) is 0.407. The Hall–Kier alpha value is -3.08. The molecule has 32 heavy (non-hydrogen) atoms. The van der Waals surface area contributed by atoms with E-state index >= 15 is 0 Å². The van der Waals surface area contributed by atoms with Crippen LogP contribution < -0.4 is 0 Å². The summed E-state index contributed by atoms with van der Waals surface area (Å²) in [6.45, 7) is 2.48. The number of amides is 2. The second kappa shape index (κ2) is 7.51. The van der Waals surface area contributed by atoms with Crippen molar-refractivity contribution >= 4 is 22.7 Å². The first kappa shape index (κ1) is 19.6. The van der Waals surface area contributed by atoms with Gasteiger partial charge in [0.05, 0.1) is 6.04 Å². The molecule has 3 heterocycles. The third-order valence-electron chi connectivity index (χ3n) is 7.83. The number of benzene rings is 2. The van der Waals surface area contributed by atoms with Crippen LogP contribution in [0.3, 0.4) is 0 Å². The molecule has 1 saturated carbocycles. The number of piperazine rings is 1. The number of carbonyl (C=O) groups excluding carboxylic acids is 2. The van der Waals surface area contributed by atoms with Crippen molar-refractivity contribution in [3.8, 4) is 0 Å². The zero-order valence-corrected chi connectivity index (χ0v) is 18.5. The van der Waals surface area contributed by atoms with E-state index in [-0.39, 0.29) is 30.4 Å². The zero-order chi connectivity index (χ0) is 21.8. The van der Waals surface area contributed by atoms with Crippen molar-refractivity contribution in [1.29, 1.82) is 0 Å². The smallest absolute Gasteiger partial charge is 0.246 e. The standard InChI is InChI=1S/C27H29N3O2/c1-17-11-13-19(14-12-17)29-16-24(31)30-23(27(29)32)15-21-20-9-5-6-10-22(20)28-25(21)26(30)18-7-3-2-4-8-18/h2-10,17,19,23,26,28H,11-16H2,1H3/t17?,19?,23-,26-/m0/s1. The van der Waals surface area contributed by atoms with Crippen molar-refractivity contribution in [1.82, 2.24) is 14.8 Å². The van der Waals surface area contributed by atoms with Crippen molar-refractivity contribution in [2.45, 2.75) is 57.2 Å². The molecule has 5 heteroatoms. The summed E-state index contributed by atoms with van der Waals surface area (Å²) in [6, 6.07) is 17.9. The molecule has 5 nitrogen and oxygen atoms in total. The highest BCUT2D eigenvalue weighted by atomic mass is 16.2. The zero-order valence-electron chi connectivity index (χ0n) is 18.5. The number of carbonyl (C=O) groups is 2. The van der Waals surface area contributed by atoms with Gasteiger partial charge in [-0.05, 0) is 48.8 Å². The van der Waals surface area contributed by atoms with Gasteiger partial charge in [0.25, 0.3) is 0 Å². The van der Waals surface area contributed by atoms with Crippen molar-refractivity contribution in [3.63, 3.8) is 0 Å². The molecule has 1 saturated heterocycles. The van der Waals surface area contributed by atoms with Crippen molar-refractivity contribution in [2.75, 3.05) is 6.54 Å². The first-order chi connectivity index (χ1) is 15.6. The molecule has 3 aliphatic rings. The number of para-hydroxylation sites is 1. The van der Waals surface area contributed by atoms with E-state index in [0.717, 1.165) is 47.8 Å². The van der Waals surface area contributed by atoms with Crippen molar-refractivity contribution in [2.24, 2.45) is 5.92 Å². The summed E-state index contributed by atoms with van der Waals surface area (Å²) in [6.07, 6.45) is 4.86. The first-order valence-corrected chi connectivity index (χ1v) is 11.9. The van der Waals surface area contributed by atoms with Crippen LogP contribution in [0.25, 0.3) is 10.9 Å². The molecule has 164 valence electrons. The number of rotatable bonds is 2. The van der Waals surface area contributed by atoms with E-state index in [9.17, 15) is 9.59 Å². The topological polar surface area (TPSA) is 56.4 Å². The average Bonchev–Trinajstić information content (AvgIpc) is 3.20. The third kappa shape index (κ3) is 2.98. The molecule has 1 N–H and O–H groups in total. The molecule has 0 spiro atoms. The molecule has 2 amide bonds. The molecule has 0 bridgehead atoms. The van der Waals surface area contributed by atoms with E-state index in [1.165, 1.54) is 5.56 Å². The normalized spacial score (nSPS) is 28.0. The number of fused-ring (bicyclic) bond motifs is 4. The molecule has 6 rings (SSSR count). The van der Waals surface area contributed by atoms with Gasteiger partial charge in [-0.2, -0.15) is 0 Å². The van der Waals surface area contributed by atoms with Gasteiger partial charge in [-0.25, -0.2) is 0 Å². The van der Waals surface area contributed by atoms with Gasteiger partial charge in [0.1, 0.15) is 12.6 Å². The summed E-state index contributed by atoms with van der Waals surface area (Å²) in [5.74, 6) is 0.900. The lowest BCUT2D eigenvalue weighted by molar-refractivity contribution is -0.161. The SMILES string of the molecule is CC1CCC(N2CC(=O)N3[C@@H](c4ccccc4)c4[nH]c5ccccc5c4C[C@H]3C2=O)CC1. The van der Waals surface area contributed by atoms with Gasteiger partial charge >= 0.3 is 0 Å². The Kier molecular flexibility index (Phi) is 4.60. The van der Waals surface area contributed by atoms with Gasteiger partial charge < -0.3 is 14.8 Å². The van der Waals surface area contributed by atoms with Gasteiger partial charge in [-0.3, -0.25) is 9.59 Å². The number of nitrogens with one attached hydrogen (secondary N) is 1. The van der Waals surface area contributed by atoms with Crippen LogP contribution in [-0.4, -0.2) is 45.2 Å². The molecule has 2 fully saturated rings. The molecule has 0 radical (unpaired) electrons. The summed E-state index contributed by atoms with van der Waals surface area (Å²) in [5.41, 5.74) is 4.34. The maximum absolute atomic E-state index is 13.9. The van der Waals surface area contributed by atoms with Crippen LogP contribution >= 0.6 is 0 Å². The van der Waals surface area contributed by atoms with Gasteiger partial charge in [0.2, 0.25) is 11.8 Å². The number of H-pyrrole nitrogens is 1. The van der Waals surface area contributed by atoms with Crippen LogP contribution in [0, 0.1) is 5.92 Å². The monoisotopic (exact) mass is 427 g/mol. The van der Waals surface area contributed by atoms with Crippen LogP contribution in [0.5, 0.6) is 0 Å². The molecule has 1 aromatic heterocycles. The highest BCUT2D eigenvalue weighted by molar-refractivity contribution is 5.97. The molecule has 2 atom stereocenters.